The van der Waals surface area contributed by atoms with Crippen LogP contribution in [-0.4, -0.2) is 20.9 Å². The van der Waals surface area contributed by atoms with Gasteiger partial charge in [-0.3, -0.25) is 0 Å². The lowest BCUT2D eigenvalue weighted by molar-refractivity contribution is -0.131. The molecule has 0 aliphatic carbocycles. The quantitative estimate of drug-likeness (QED) is 0.871. The predicted octanol–water partition coefficient (Wildman–Crippen LogP) is 3.23. The molecule has 0 spiro atoms. The molecule has 20 heavy (non-hydrogen) atoms. The number of aliphatic carboxylic acids is 1. The average Bonchev–Trinajstić information content (AvgIpc) is 2.85. The third kappa shape index (κ3) is 2.93. The average molecular weight is 274 g/mol. The van der Waals surface area contributed by atoms with E-state index in [0.717, 1.165) is 11.8 Å². The summed E-state index contributed by atoms with van der Waals surface area (Å²) in [7, 11) is 0. The summed E-state index contributed by atoms with van der Waals surface area (Å²) in [5, 5.41) is 13.0. The summed E-state index contributed by atoms with van der Waals surface area (Å²) in [5.41, 5.74) is 1.56. The van der Waals surface area contributed by atoms with Crippen LogP contribution < -0.4 is 0 Å². The smallest absolute Gasteiger partial charge is 0.328 e. The molecule has 0 aliphatic heterocycles. The van der Waals surface area contributed by atoms with Crippen molar-refractivity contribution < 1.29 is 14.3 Å². The monoisotopic (exact) mass is 274 g/mol. The number of hydrogen-bond acceptors (Lipinski definition) is 2. The Morgan fingerprint density at radius 2 is 2.15 bits per heavy atom. The lowest BCUT2D eigenvalue weighted by Gasteiger charge is -2.08. The molecule has 104 valence electrons. The summed E-state index contributed by atoms with van der Waals surface area (Å²) in [4.78, 5) is 10.6. The van der Waals surface area contributed by atoms with Gasteiger partial charge in [0.25, 0.3) is 0 Å². The number of aromatic nitrogens is 2. The van der Waals surface area contributed by atoms with E-state index in [-0.39, 0.29) is 11.6 Å². The van der Waals surface area contributed by atoms with Crippen LogP contribution in [-0.2, 0) is 4.79 Å². The van der Waals surface area contributed by atoms with Crippen molar-refractivity contribution in [2.75, 3.05) is 0 Å². The van der Waals surface area contributed by atoms with Gasteiger partial charge >= 0.3 is 5.97 Å². The normalized spacial score (nSPS) is 11.4. The van der Waals surface area contributed by atoms with E-state index in [1.807, 2.05) is 19.9 Å². The zero-order chi connectivity index (χ0) is 14.7. The number of nitrogens with zero attached hydrogens (tertiary/aromatic N) is 2. The van der Waals surface area contributed by atoms with E-state index >= 15 is 0 Å². The third-order valence-electron chi connectivity index (χ3n) is 2.85. The van der Waals surface area contributed by atoms with Crippen molar-refractivity contribution in [2.24, 2.45) is 0 Å². The molecule has 0 saturated heterocycles. The molecule has 2 rings (SSSR count). The second kappa shape index (κ2) is 5.69. The van der Waals surface area contributed by atoms with Gasteiger partial charge in [0.2, 0.25) is 0 Å². The van der Waals surface area contributed by atoms with E-state index in [1.165, 1.54) is 22.9 Å². The molecule has 0 atom stereocenters. The largest absolute Gasteiger partial charge is 0.478 e. The van der Waals surface area contributed by atoms with Gasteiger partial charge in [0.1, 0.15) is 11.5 Å². The van der Waals surface area contributed by atoms with Gasteiger partial charge in [0, 0.05) is 17.8 Å². The molecule has 2 aromatic rings. The molecule has 0 aliphatic rings. The summed E-state index contributed by atoms with van der Waals surface area (Å²) in [6.45, 7) is 4.00. The molecule has 1 heterocycles. The van der Waals surface area contributed by atoms with Crippen molar-refractivity contribution in [3.05, 3.63) is 53.6 Å². The maximum absolute atomic E-state index is 14.0. The molecule has 0 fully saturated rings. The Morgan fingerprint density at radius 1 is 1.40 bits per heavy atom. The highest BCUT2D eigenvalue weighted by Crippen LogP contribution is 2.21. The molecule has 4 nitrogen and oxygen atoms in total. The molecule has 1 N–H and O–H groups in total. The van der Waals surface area contributed by atoms with E-state index in [2.05, 4.69) is 5.10 Å². The van der Waals surface area contributed by atoms with Gasteiger partial charge < -0.3 is 5.11 Å². The lowest BCUT2D eigenvalue weighted by atomic mass is 10.1. The van der Waals surface area contributed by atoms with Crippen LogP contribution in [0.3, 0.4) is 0 Å². The van der Waals surface area contributed by atoms with Gasteiger partial charge in [-0.2, -0.15) is 5.10 Å². The molecule has 0 radical (unpaired) electrons. The van der Waals surface area contributed by atoms with Gasteiger partial charge in [-0.25, -0.2) is 13.9 Å². The maximum Gasteiger partial charge on any atom is 0.328 e. The van der Waals surface area contributed by atoms with Gasteiger partial charge in [-0.1, -0.05) is 26.0 Å². The van der Waals surface area contributed by atoms with Crippen molar-refractivity contribution in [1.29, 1.82) is 0 Å². The lowest BCUT2D eigenvalue weighted by Crippen LogP contribution is -2.03. The zero-order valence-electron chi connectivity index (χ0n) is 11.2. The molecular weight excluding hydrogens is 259 g/mol. The number of halogens is 1. The van der Waals surface area contributed by atoms with Crippen molar-refractivity contribution in [3.8, 4) is 5.69 Å². The molecular formula is C15H15FN2O2. The first-order valence-corrected chi connectivity index (χ1v) is 6.24. The first kappa shape index (κ1) is 14.0. The Hall–Kier alpha value is -2.43. The molecule has 0 bridgehead atoms. The van der Waals surface area contributed by atoms with Crippen LogP contribution in [0.2, 0.25) is 0 Å². The summed E-state index contributed by atoms with van der Waals surface area (Å²) in [6.07, 6.45) is 4.01. The van der Waals surface area contributed by atoms with Crippen molar-refractivity contribution in [1.82, 2.24) is 9.78 Å². The van der Waals surface area contributed by atoms with Gasteiger partial charge in [0.15, 0.2) is 0 Å². The number of carbonyl (C=O) groups is 1. The standard InChI is InChI=1S/C15H15FN2O2/c1-10(2)13-8-9-18(17-13)15-11(6-7-14(19)20)4-3-5-12(15)16/h3-10H,1-2H3,(H,19,20)/b7-6+. The highest BCUT2D eigenvalue weighted by Gasteiger charge is 2.12. The third-order valence-corrected chi connectivity index (χ3v) is 2.85. The van der Waals surface area contributed by atoms with Crippen LogP contribution in [0.1, 0.15) is 31.0 Å². The number of carboxylic acid groups (broad SMARTS) is 1. The minimum atomic E-state index is -1.08. The SMILES string of the molecule is CC(C)c1ccn(-c2c(F)cccc2/C=C/C(=O)O)n1. The number of hydrogen-bond donors (Lipinski definition) is 1. The van der Waals surface area contributed by atoms with Crippen molar-refractivity contribution >= 4 is 12.0 Å². The molecule has 0 amide bonds. The second-order valence-corrected chi connectivity index (χ2v) is 4.69. The Bertz CT molecular complexity index is 660. The van der Waals surface area contributed by atoms with Gasteiger partial charge in [-0.15, -0.1) is 0 Å². The van der Waals surface area contributed by atoms with E-state index in [9.17, 15) is 9.18 Å². The fourth-order valence-corrected chi connectivity index (χ4v) is 1.84. The fourth-order valence-electron chi connectivity index (χ4n) is 1.84. The van der Waals surface area contributed by atoms with Crippen LogP contribution in [0.4, 0.5) is 4.39 Å². The minimum Gasteiger partial charge on any atom is -0.478 e. The highest BCUT2D eigenvalue weighted by molar-refractivity contribution is 5.86. The van der Waals surface area contributed by atoms with Crippen LogP contribution in [0.25, 0.3) is 11.8 Å². The van der Waals surface area contributed by atoms with Crippen LogP contribution in [0.15, 0.2) is 36.5 Å². The number of carboxylic acids is 1. The second-order valence-electron chi connectivity index (χ2n) is 4.69. The summed E-state index contributed by atoms with van der Waals surface area (Å²) < 4.78 is 15.5. The van der Waals surface area contributed by atoms with Crippen molar-refractivity contribution in [3.63, 3.8) is 0 Å². The number of rotatable bonds is 4. The molecule has 5 heteroatoms. The minimum absolute atomic E-state index is 0.237. The number of benzene rings is 1. The van der Waals surface area contributed by atoms with E-state index in [1.54, 1.807) is 12.3 Å². The maximum atomic E-state index is 14.0. The first-order valence-electron chi connectivity index (χ1n) is 6.24. The van der Waals surface area contributed by atoms with Crippen molar-refractivity contribution in [2.45, 2.75) is 19.8 Å². The molecule has 0 saturated carbocycles. The topological polar surface area (TPSA) is 55.1 Å². The first-order chi connectivity index (χ1) is 9.49. The Morgan fingerprint density at radius 3 is 2.75 bits per heavy atom. The zero-order valence-corrected chi connectivity index (χ0v) is 11.2. The summed E-state index contributed by atoms with van der Waals surface area (Å²) >= 11 is 0. The molecule has 1 aromatic heterocycles. The number of para-hydroxylation sites is 1. The Labute approximate surface area is 116 Å². The van der Waals surface area contributed by atoms with Gasteiger partial charge in [-0.05, 0) is 24.1 Å². The van der Waals surface area contributed by atoms with E-state index in [4.69, 9.17) is 5.11 Å². The van der Waals surface area contributed by atoms with Gasteiger partial charge in [0.05, 0.1) is 5.69 Å². The molecule has 1 aromatic carbocycles. The van der Waals surface area contributed by atoms with E-state index < -0.39 is 11.8 Å². The van der Waals surface area contributed by atoms with Crippen LogP contribution >= 0.6 is 0 Å². The van der Waals surface area contributed by atoms with Crippen LogP contribution in [0, 0.1) is 5.82 Å². The van der Waals surface area contributed by atoms with E-state index in [0.29, 0.717) is 5.56 Å². The predicted molar refractivity (Wildman–Crippen MR) is 74.3 cm³/mol. The highest BCUT2D eigenvalue weighted by atomic mass is 19.1. The summed E-state index contributed by atoms with van der Waals surface area (Å²) in [6, 6.07) is 6.33. The fraction of sp³-hybridized carbons (Fsp3) is 0.200. The molecule has 0 unspecified atom stereocenters. The van der Waals surface area contributed by atoms with Crippen LogP contribution in [0.5, 0.6) is 0 Å². The Kier molecular flexibility index (Phi) is 3.98. The summed E-state index contributed by atoms with van der Waals surface area (Å²) in [5.74, 6) is -1.29. The Balaban J connectivity index is 2.51.